The fourth-order valence-corrected chi connectivity index (χ4v) is 2.32. The van der Waals surface area contributed by atoms with Crippen LogP contribution in [0.15, 0.2) is 24.5 Å². The zero-order valence-electron chi connectivity index (χ0n) is 13.1. The van der Waals surface area contributed by atoms with Crippen molar-refractivity contribution in [2.75, 3.05) is 20.1 Å². The number of aromatic nitrogens is 1. The first kappa shape index (κ1) is 16.1. The molecule has 0 aliphatic carbocycles. The number of nitrogens with one attached hydrogen (secondary N) is 1. The second-order valence-corrected chi connectivity index (χ2v) is 6.36. The third kappa shape index (κ3) is 6.17. The highest BCUT2D eigenvalue weighted by Crippen LogP contribution is 2.22. The minimum Gasteiger partial charge on any atom is -0.314 e. The van der Waals surface area contributed by atoms with Gasteiger partial charge in [-0.15, -0.1) is 0 Å². The fraction of sp³-hybridized carbons (Fsp3) is 0.688. The fourth-order valence-electron chi connectivity index (χ4n) is 2.32. The summed E-state index contributed by atoms with van der Waals surface area (Å²) in [7, 11) is 2.18. The van der Waals surface area contributed by atoms with E-state index in [0.29, 0.717) is 11.5 Å². The van der Waals surface area contributed by atoms with Gasteiger partial charge in [0.1, 0.15) is 0 Å². The summed E-state index contributed by atoms with van der Waals surface area (Å²) in [6.07, 6.45) is 4.94. The van der Waals surface area contributed by atoms with Crippen LogP contribution < -0.4 is 5.32 Å². The SMILES string of the molecule is CCNC(CCN(C)Cc1cccnc1)C(C)(C)C. The molecule has 1 aromatic rings. The van der Waals surface area contributed by atoms with Crippen molar-refractivity contribution in [2.24, 2.45) is 5.41 Å². The van der Waals surface area contributed by atoms with Gasteiger partial charge in [-0.25, -0.2) is 0 Å². The summed E-state index contributed by atoms with van der Waals surface area (Å²) in [5, 5.41) is 3.60. The van der Waals surface area contributed by atoms with Crippen LogP contribution in [0, 0.1) is 5.41 Å². The summed E-state index contributed by atoms with van der Waals surface area (Å²) >= 11 is 0. The highest BCUT2D eigenvalue weighted by atomic mass is 15.1. The van der Waals surface area contributed by atoms with Crippen molar-refractivity contribution in [1.82, 2.24) is 15.2 Å². The van der Waals surface area contributed by atoms with Gasteiger partial charge in [0.05, 0.1) is 0 Å². The Bertz CT molecular complexity index is 343. The Kier molecular flexibility index (Phi) is 6.46. The highest BCUT2D eigenvalue weighted by molar-refractivity contribution is 5.07. The van der Waals surface area contributed by atoms with Crippen LogP contribution in [0.3, 0.4) is 0 Å². The van der Waals surface area contributed by atoms with E-state index >= 15 is 0 Å². The maximum atomic E-state index is 4.16. The lowest BCUT2D eigenvalue weighted by Crippen LogP contribution is -2.42. The molecule has 0 fully saturated rings. The van der Waals surface area contributed by atoms with Crippen LogP contribution in [0.4, 0.5) is 0 Å². The third-order valence-corrected chi connectivity index (χ3v) is 3.47. The predicted molar refractivity (Wildman–Crippen MR) is 82.1 cm³/mol. The molecule has 19 heavy (non-hydrogen) atoms. The van der Waals surface area contributed by atoms with Gasteiger partial charge < -0.3 is 10.2 Å². The topological polar surface area (TPSA) is 28.2 Å². The molecule has 0 amide bonds. The van der Waals surface area contributed by atoms with E-state index in [0.717, 1.165) is 19.6 Å². The van der Waals surface area contributed by atoms with Crippen LogP contribution in [0.2, 0.25) is 0 Å². The molecular formula is C16H29N3. The van der Waals surface area contributed by atoms with Gasteiger partial charge in [-0.2, -0.15) is 0 Å². The smallest absolute Gasteiger partial charge is 0.0312 e. The molecular weight excluding hydrogens is 234 g/mol. The molecule has 1 aromatic heterocycles. The lowest BCUT2D eigenvalue weighted by Gasteiger charge is -2.32. The standard InChI is InChI=1S/C16H29N3/c1-6-18-15(16(2,3)4)9-11-19(5)13-14-8-7-10-17-12-14/h7-8,10,12,15,18H,6,9,11,13H2,1-5H3. The van der Waals surface area contributed by atoms with E-state index in [1.54, 1.807) is 0 Å². The summed E-state index contributed by atoms with van der Waals surface area (Å²) < 4.78 is 0. The molecule has 0 spiro atoms. The van der Waals surface area contributed by atoms with E-state index in [1.807, 2.05) is 18.5 Å². The normalized spacial score (nSPS) is 13.8. The van der Waals surface area contributed by atoms with Gasteiger partial charge in [-0.1, -0.05) is 33.8 Å². The largest absolute Gasteiger partial charge is 0.314 e. The Balaban J connectivity index is 2.41. The lowest BCUT2D eigenvalue weighted by molar-refractivity contribution is 0.221. The van der Waals surface area contributed by atoms with Gasteiger partial charge in [-0.05, 0) is 43.6 Å². The molecule has 3 heteroatoms. The van der Waals surface area contributed by atoms with E-state index in [4.69, 9.17) is 0 Å². The Morgan fingerprint density at radius 1 is 1.37 bits per heavy atom. The Hall–Kier alpha value is -0.930. The van der Waals surface area contributed by atoms with Crippen molar-refractivity contribution >= 4 is 0 Å². The zero-order chi connectivity index (χ0) is 14.3. The van der Waals surface area contributed by atoms with Gasteiger partial charge in [0.25, 0.3) is 0 Å². The van der Waals surface area contributed by atoms with Crippen molar-refractivity contribution in [3.63, 3.8) is 0 Å². The zero-order valence-corrected chi connectivity index (χ0v) is 13.1. The molecule has 0 aliphatic rings. The van der Waals surface area contributed by atoms with Crippen LogP contribution in [0.25, 0.3) is 0 Å². The monoisotopic (exact) mass is 263 g/mol. The summed E-state index contributed by atoms with van der Waals surface area (Å²) in [4.78, 5) is 6.53. The van der Waals surface area contributed by atoms with Crippen LogP contribution in [0.5, 0.6) is 0 Å². The number of hydrogen-bond acceptors (Lipinski definition) is 3. The van der Waals surface area contributed by atoms with Crippen molar-refractivity contribution < 1.29 is 0 Å². The van der Waals surface area contributed by atoms with Crippen molar-refractivity contribution in [1.29, 1.82) is 0 Å². The molecule has 0 radical (unpaired) electrons. The molecule has 0 aromatic carbocycles. The second-order valence-electron chi connectivity index (χ2n) is 6.36. The Labute approximate surface area is 118 Å². The molecule has 108 valence electrons. The van der Waals surface area contributed by atoms with Crippen molar-refractivity contribution in [2.45, 2.75) is 46.7 Å². The number of rotatable bonds is 7. The van der Waals surface area contributed by atoms with Crippen LogP contribution in [0.1, 0.15) is 39.7 Å². The molecule has 1 rings (SSSR count). The van der Waals surface area contributed by atoms with Crippen LogP contribution in [-0.4, -0.2) is 36.1 Å². The summed E-state index contributed by atoms with van der Waals surface area (Å²) in [6, 6.07) is 4.70. The van der Waals surface area contributed by atoms with Gasteiger partial charge in [0.15, 0.2) is 0 Å². The van der Waals surface area contributed by atoms with E-state index < -0.39 is 0 Å². The van der Waals surface area contributed by atoms with E-state index in [1.165, 1.54) is 12.0 Å². The average Bonchev–Trinajstić information content (AvgIpc) is 2.34. The first-order valence-corrected chi connectivity index (χ1v) is 7.24. The predicted octanol–water partition coefficient (Wildman–Crippen LogP) is 2.93. The van der Waals surface area contributed by atoms with E-state index in [9.17, 15) is 0 Å². The molecule has 0 saturated carbocycles. The average molecular weight is 263 g/mol. The van der Waals surface area contributed by atoms with Gasteiger partial charge >= 0.3 is 0 Å². The molecule has 1 heterocycles. The molecule has 0 aliphatic heterocycles. The van der Waals surface area contributed by atoms with Gasteiger partial charge in [0, 0.05) is 25.0 Å². The summed E-state index contributed by atoms with van der Waals surface area (Å²) in [5.41, 5.74) is 1.59. The van der Waals surface area contributed by atoms with Gasteiger partial charge in [0.2, 0.25) is 0 Å². The molecule has 0 saturated heterocycles. The van der Waals surface area contributed by atoms with E-state index in [2.05, 4.69) is 56.0 Å². The molecule has 1 unspecified atom stereocenters. The highest BCUT2D eigenvalue weighted by Gasteiger charge is 2.23. The molecule has 3 nitrogen and oxygen atoms in total. The molecule has 1 N–H and O–H groups in total. The maximum absolute atomic E-state index is 4.16. The summed E-state index contributed by atoms with van der Waals surface area (Å²) in [6.45, 7) is 12.2. The van der Waals surface area contributed by atoms with Crippen LogP contribution >= 0.6 is 0 Å². The van der Waals surface area contributed by atoms with Crippen molar-refractivity contribution in [3.05, 3.63) is 30.1 Å². The number of hydrogen-bond donors (Lipinski definition) is 1. The van der Waals surface area contributed by atoms with Crippen LogP contribution in [-0.2, 0) is 6.54 Å². The molecule has 0 bridgehead atoms. The van der Waals surface area contributed by atoms with Gasteiger partial charge in [-0.3, -0.25) is 4.98 Å². The first-order valence-electron chi connectivity index (χ1n) is 7.24. The van der Waals surface area contributed by atoms with E-state index in [-0.39, 0.29) is 0 Å². The second kappa shape index (κ2) is 7.61. The first-order chi connectivity index (χ1) is 8.93. The molecule has 1 atom stereocenters. The maximum Gasteiger partial charge on any atom is 0.0312 e. The Morgan fingerprint density at radius 3 is 2.63 bits per heavy atom. The Morgan fingerprint density at radius 2 is 2.11 bits per heavy atom. The minimum atomic E-state index is 0.311. The number of nitrogens with zero attached hydrogens (tertiary/aromatic N) is 2. The minimum absolute atomic E-state index is 0.311. The van der Waals surface area contributed by atoms with Crippen molar-refractivity contribution in [3.8, 4) is 0 Å². The number of pyridine rings is 1. The quantitative estimate of drug-likeness (QED) is 0.820. The lowest BCUT2D eigenvalue weighted by atomic mass is 9.84. The summed E-state index contributed by atoms with van der Waals surface area (Å²) in [5.74, 6) is 0. The third-order valence-electron chi connectivity index (χ3n) is 3.47.